The molecule has 0 spiro atoms. The molecule has 4 aromatic rings. The normalized spacial score (nSPS) is 20.1. The number of aromatic nitrogens is 4. The number of hydrogen-bond acceptors (Lipinski definition) is 9. The maximum Gasteiger partial charge on any atom is 0.330 e. The molecule has 0 radical (unpaired) electrons. The number of anilines is 2. The zero-order valence-corrected chi connectivity index (χ0v) is 57.2. The fourth-order valence-corrected chi connectivity index (χ4v) is 11.5. The predicted molar refractivity (Wildman–Crippen MR) is 379 cm³/mol. The van der Waals surface area contributed by atoms with Gasteiger partial charge in [-0.3, -0.25) is 9.59 Å². The van der Waals surface area contributed by atoms with Crippen LogP contribution in [0.15, 0.2) is 262 Å². The molecule has 5 N–H and O–H groups in total. The Bertz CT molecular complexity index is 3460. The number of nitrogens with one attached hydrogen (secondary N) is 2. The number of aromatic hydroxyl groups is 2. The maximum absolute atomic E-state index is 12.2. The first kappa shape index (κ1) is 73.7. The summed E-state index contributed by atoms with van der Waals surface area (Å²) in [6.07, 6.45) is 52.8. The average molecular weight is 1250 g/mol. The Morgan fingerprint density at radius 2 is 0.837 bits per heavy atom. The fourth-order valence-electron chi connectivity index (χ4n) is 11.5. The van der Waals surface area contributed by atoms with Gasteiger partial charge in [0.2, 0.25) is 11.8 Å². The van der Waals surface area contributed by atoms with Crippen molar-refractivity contribution in [1.82, 2.24) is 19.1 Å². The van der Waals surface area contributed by atoms with Crippen LogP contribution >= 0.6 is 0 Å². The molecule has 13 nitrogen and oxygen atoms in total. The lowest BCUT2D eigenvalue weighted by atomic mass is 9.71. The topological polar surface area (TPSA) is 181 Å². The van der Waals surface area contributed by atoms with Crippen molar-refractivity contribution in [2.75, 3.05) is 17.7 Å². The zero-order valence-electron chi connectivity index (χ0n) is 57.2. The number of aliphatic hydroxyl groups excluding tert-OH is 1. The number of carbonyl (C=O) groups is 3. The second-order valence-corrected chi connectivity index (χ2v) is 26.2. The van der Waals surface area contributed by atoms with Crippen LogP contribution in [0.2, 0.25) is 0 Å². The molecule has 13 heteroatoms. The third-order valence-corrected chi connectivity index (χ3v) is 17.1. The number of hydrogen-bond donors (Lipinski definition) is 5. The SMILES string of the molecule is CC1=C(/C=C/C(C)=C/C=C/C(C)=C/C(=O)Nc2ccc(O)cc2)C(C)(C)CC[C@@H]1n1ccnc1.CC1=C(/C=C/C(C)=C/C=C/C(C)=C/C(=O)Nc2ccc(O)cc2)C(C)(C)CC[C@H]1n1ccnc1.COC(=O)/C=C(C)/C=C/C=C(C)/C=C/C1=C(C)[C@H](O)CCC1(C)C. The van der Waals surface area contributed by atoms with E-state index in [-0.39, 0.29) is 51.6 Å². The molecular weight excluding hydrogens is 1140 g/mol. The van der Waals surface area contributed by atoms with Crippen LogP contribution in [0.4, 0.5) is 11.4 Å². The number of imidazole rings is 2. The molecule has 92 heavy (non-hydrogen) atoms. The van der Waals surface area contributed by atoms with Gasteiger partial charge in [0.15, 0.2) is 0 Å². The highest BCUT2D eigenvalue weighted by molar-refractivity contribution is 6.00. The quantitative estimate of drug-likeness (QED) is 0.0264. The summed E-state index contributed by atoms with van der Waals surface area (Å²) in [4.78, 5) is 43.9. The molecule has 0 fully saturated rings. The molecule has 488 valence electrons. The fraction of sp³-hybridized carbons (Fsp3) is 0.354. The molecule has 2 aromatic heterocycles. The van der Waals surface area contributed by atoms with E-state index in [1.165, 1.54) is 65.3 Å². The molecule has 3 aliphatic carbocycles. The summed E-state index contributed by atoms with van der Waals surface area (Å²) in [5, 5.41) is 34.3. The summed E-state index contributed by atoms with van der Waals surface area (Å²) in [5.74, 6) is -0.426. The van der Waals surface area contributed by atoms with Gasteiger partial charge in [-0.25, -0.2) is 14.8 Å². The first-order valence-corrected chi connectivity index (χ1v) is 31.7. The number of nitrogens with zero attached hydrogens (tertiary/aromatic N) is 4. The summed E-state index contributed by atoms with van der Waals surface area (Å²) in [6.45, 7) is 32.0. The van der Waals surface area contributed by atoms with E-state index < -0.39 is 0 Å². The Labute approximate surface area is 548 Å². The Morgan fingerprint density at radius 1 is 0.500 bits per heavy atom. The highest BCUT2D eigenvalue weighted by Crippen LogP contribution is 2.47. The van der Waals surface area contributed by atoms with E-state index in [2.05, 4.69) is 140 Å². The lowest BCUT2D eigenvalue weighted by molar-refractivity contribution is -0.134. The van der Waals surface area contributed by atoms with Crippen molar-refractivity contribution in [2.24, 2.45) is 16.2 Å². The van der Waals surface area contributed by atoms with Crippen LogP contribution < -0.4 is 10.6 Å². The van der Waals surface area contributed by atoms with Crippen molar-refractivity contribution in [2.45, 2.75) is 161 Å². The van der Waals surface area contributed by atoms with Gasteiger partial charge in [-0.05, 0) is 216 Å². The summed E-state index contributed by atoms with van der Waals surface area (Å²) >= 11 is 0. The first-order valence-electron chi connectivity index (χ1n) is 31.7. The monoisotopic (exact) mass is 1240 g/mol. The summed E-state index contributed by atoms with van der Waals surface area (Å²) in [7, 11) is 1.37. The molecule has 0 saturated carbocycles. The Hall–Kier alpha value is -9.07. The predicted octanol–water partition coefficient (Wildman–Crippen LogP) is 18.5. The number of phenols is 2. The van der Waals surface area contributed by atoms with Gasteiger partial charge in [0.1, 0.15) is 11.5 Å². The summed E-state index contributed by atoms with van der Waals surface area (Å²) in [6, 6.07) is 13.5. The number of amides is 2. The number of methoxy groups -OCH3 is 1. The van der Waals surface area contributed by atoms with Crippen LogP contribution in [-0.2, 0) is 19.1 Å². The molecule has 0 aliphatic heterocycles. The largest absolute Gasteiger partial charge is 0.508 e. The minimum absolute atomic E-state index is 0.0930. The smallest absolute Gasteiger partial charge is 0.330 e. The van der Waals surface area contributed by atoms with Crippen molar-refractivity contribution in [3.8, 4) is 11.5 Å². The maximum atomic E-state index is 12.2. The molecule has 2 heterocycles. The van der Waals surface area contributed by atoms with E-state index in [1.807, 2.05) is 127 Å². The number of allylic oxidation sites excluding steroid dienone is 26. The molecular formula is C79H100N6O7. The van der Waals surface area contributed by atoms with E-state index >= 15 is 0 Å². The van der Waals surface area contributed by atoms with Crippen molar-refractivity contribution in [3.05, 3.63) is 262 Å². The van der Waals surface area contributed by atoms with Crippen molar-refractivity contribution >= 4 is 29.2 Å². The van der Waals surface area contributed by atoms with Crippen LogP contribution in [0.1, 0.15) is 154 Å². The summed E-state index contributed by atoms with van der Waals surface area (Å²) in [5.41, 5.74) is 15.4. The van der Waals surface area contributed by atoms with Gasteiger partial charge in [0.25, 0.3) is 0 Å². The number of carbonyl (C=O) groups excluding carboxylic acids is 3. The Balaban J connectivity index is 0.000000255. The van der Waals surface area contributed by atoms with E-state index in [0.29, 0.717) is 23.5 Å². The molecule has 0 bridgehead atoms. The van der Waals surface area contributed by atoms with Crippen molar-refractivity contribution in [1.29, 1.82) is 0 Å². The van der Waals surface area contributed by atoms with Gasteiger partial charge < -0.3 is 39.8 Å². The third-order valence-electron chi connectivity index (χ3n) is 17.1. The van der Waals surface area contributed by atoms with Crippen molar-refractivity contribution in [3.63, 3.8) is 0 Å². The molecule has 7 rings (SSSR count). The second-order valence-electron chi connectivity index (χ2n) is 26.2. The number of benzene rings is 2. The number of aliphatic hydroxyl groups is 1. The van der Waals surface area contributed by atoms with Crippen LogP contribution in [0.3, 0.4) is 0 Å². The third kappa shape index (κ3) is 23.6. The Morgan fingerprint density at radius 3 is 1.17 bits per heavy atom. The van der Waals surface area contributed by atoms with Crippen molar-refractivity contribution < 1.29 is 34.4 Å². The van der Waals surface area contributed by atoms with Crippen LogP contribution in [0, 0.1) is 16.2 Å². The second kappa shape index (κ2) is 34.9. The zero-order chi connectivity index (χ0) is 67.8. The lowest BCUT2D eigenvalue weighted by Gasteiger charge is -2.38. The van der Waals surface area contributed by atoms with Gasteiger partial charge in [-0.15, -0.1) is 0 Å². The first-order chi connectivity index (χ1) is 43.5. The van der Waals surface area contributed by atoms with Gasteiger partial charge in [-0.1, -0.05) is 149 Å². The molecule has 2 amide bonds. The average Bonchev–Trinajstić information content (AvgIpc) is 1.23. The minimum Gasteiger partial charge on any atom is -0.508 e. The highest BCUT2D eigenvalue weighted by atomic mass is 16.5. The Kier molecular flexibility index (Phi) is 28.0. The number of ether oxygens (including phenoxy) is 1. The molecule has 2 aromatic carbocycles. The number of rotatable bonds is 19. The van der Waals surface area contributed by atoms with Crippen LogP contribution in [0.5, 0.6) is 11.5 Å². The molecule has 3 aliphatic rings. The van der Waals surface area contributed by atoms with Crippen LogP contribution in [-0.4, -0.2) is 65.4 Å². The number of phenolic OH excluding ortho intramolecular Hbond substituents is 2. The standard InChI is InChI=1S/2C29H35N3O2.C21H30O3/c2*1-21(7-6-8-22(2)19-28(34)31-24-10-12-25(33)13-11-24)9-14-26-23(3)27(15-16-29(26,4)5)32-18-17-30-20-32;1-15(8-7-9-16(2)14-20(23)24-6)10-11-18-17(3)19(22)12-13-21(18,4)5/h2*6-14,17-20,27,33H,15-16H2,1-5H3,(H,31,34);7-11,14,19,22H,12-13H2,1-6H3/b2*8-6+,14-9+,21-7+,22-19+;9-7+,11-10+,15-8+,16-14+/t2*27-;19-/m101/s1. The van der Waals surface area contributed by atoms with E-state index in [0.717, 1.165) is 77.5 Å². The molecule has 0 saturated heterocycles. The van der Waals surface area contributed by atoms with Gasteiger partial charge in [-0.2, -0.15) is 0 Å². The van der Waals surface area contributed by atoms with Crippen LogP contribution in [0.25, 0.3) is 0 Å². The van der Waals surface area contributed by atoms with E-state index in [4.69, 9.17) is 0 Å². The van der Waals surface area contributed by atoms with Gasteiger partial charge in [0, 0.05) is 54.4 Å². The minimum atomic E-state index is -0.349. The van der Waals surface area contributed by atoms with Gasteiger partial charge in [0.05, 0.1) is 38.0 Å². The molecule has 3 atom stereocenters. The lowest BCUT2D eigenvalue weighted by Crippen LogP contribution is -2.27. The molecule has 0 unspecified atom stereocenters. The number of esters is 1. The van der Waals surface area contributed by atoms with Gasteiger partial charge >= 0.3 is 5.97 Å². The van der Waals surface area contributed by atoms with E-state index in [1.54, 1.807) is 36.4 Å². The summed E-state index contributed by atoms with van der Waals surface area (Å²) < 4.78 is 9.00. The highest BCUT2D eigenvalue weighted by Gasteiger charge is 2.34. The van der Waals surface area contributed by atoms with E-state index in [9.17, 15) is 29.7 Å².